The van der Waals surface area contributed by atoms with Crippen molar-refractivity contribution in [1.29, 1.82) is 0 Å². The normalized spacial score (nSPS) is 15.2. The van der Waals surface area contributed by atoms with Gasteiger partial charge in [-0.3, -0.25) is 19.9 Å². The van der Waals surface area contributed by atoms with Crippen molar-refractivity contribution in [1.82, 2.24) is 10.3 Å². The van der Waals surface area contributed by atoms with E-state index in [-0.39, 0.29) is 5.76 Å². The highest BCUT2D eigenvalue weighted by Crippen LogP contribution is 2.22. The van der Waals surface area contributed by atoms with Crippen LogP contribution in [0, 0.1) is 16.0 Å². The average molecular weight is 330 g/mol. The first kappa shape index (κ1) is 16.0. The minimum atomic E-state index is -0.661. The minimum Gasteiger partial charge on any atom is -0.395 e. The van der Waals surface area contributed by atoms with Crippen LogP contribution in [0.3, 0.4) is 0 Å². The first-order valence-corrected chi connectivity index (χ1v) is 7.81. The Kier molecular flexibility index (Phi) is 4.74. The van der Waals surface area contributed by atoms with Crippen molar-refractivity contribution in [3.8, 4) is 0 Å². The van der Waals surface area contributed by atoms with E-state index in [2.05, 4.69) is 15.2 Å². The highest BCUT2D eigenvalue weighted by Gasteiger charge is 2.22. The molecule has 8 nitrogen and oxygen atoms in total. The summed E-state index contributed by atoms with van der Waals surface area (Å²) in [4.78, 5) is 28.2. The number of anilines is 1. The van der Waals surface area contributed by atoms with Gasteiger partial charge in [-0.05, 0) is 37.0 Å². The third-order valence-corrected chi connectivity index (χ3v) is 4.19. The molecule has 8 heteroatoms. The van der Waals surface area contributed by atoms with E-state index in [1.807, 2.05) is 12.1 Å². The summed E-state index contributed by atoms with van der Waals surface area (Å²) in [7, 11) is 0. The van der Waals surface area contributed by atoms with Gasteiger partial charge in [0.05, 0.1) is 6.07 Å². The molecular formula is C16H18N4O4. The third-order valence-electron chi connectivity index (χ3n) is 4.19. The molecule has 0 unspecified atom stereocenters. The molecule has 3 rings (SSSR count). The number of pyridine rings is 1. The number of aromatic nitrogens is 1. The first-order valence-electron chi connectivity index (χ1n) is 7.81. The van der Waals surface area contributed by atoms with Crippen LogP contribution in [0.15, 0.2) is 41.1 Å². The molecule has 1 aliphatic heterocycles. The molecule has 2 aromatic heterocycles. The maximum Gasteiger partial charge on any atom is 0.433 e. The molecule has 0 aliphatic carbocycles. The average Bonchev–Trinajstić information content (AvgIpc) is 3.11. The van der Waals surface area contributed by atoms with E-state index >= 15 is 0 Å². The Bertz CT molecular complexity index is 708. The Morgan fingerprint density at radius 3 is 2.62 bits per heavy atom. The number of rotatable bonds is 5. The molecule has 0 atom stereocenters. The smallest absolute Gasteiger partial charge is 0.395 e. The van der Waals surface area contributed by atoms with Gasteiger partial charge >= 0.3 is 5.88 Å². The van der Waals surface area contributed by atoms with Crippen LogP contribution in [0.1, 0.15) is 23.4 Å². The molecule has 126 valence electrons. The quantitative estimate of drug-likeness (QED) is 0.666. The Balaban J connectivity index is 1.46. The van der Waals surface area contributed by atoms with Crippen LogP contribution >= 0.6 is 0 Å². The zero-order chi connectivity index (χ0) is 16.9. The number of nitrogens with zero attached hydrogens (tertiary/aromatic N) is 3. The monoisotopic (exact) mass is 330 g/mol. The van der Waals surface area contributed by atoms with E-state index in [0.717, 1.165) is 31.6 Å². The number of nitrogens with one attached hydrogen (secondary N) is 1. The van der Waals surface area contributed by atoms with Gasteiger partial charge in [0, 0.05) is 37.7 Å². The van der Waals surface area contributed by atoms with Crippen LogP contribution in [-0.4, -0.2) is 35.4 Å². The molecule has 0 spiro atoms. The van der Waals surface area contributed by atoms with Gasteiger partial charge in [0.15, 0.2) is 5.76 Å². The predicted molar refractivity (Wildman–Crippen MR) is 86.9 cm³/mol. The fourth-order valence-electron chi connectivity index (χ4n) is 2.82. The summed E-state index contributed by atoms with van der Waals surface area (Å²) in [5, 5.41) is 13.4. The van der Waals surface area contributed by atoms with E-state index in [9.17, 15) is 14.9 Å². The van der Waals surface area contributed by atoms with Crippen molar-refractivity contribution in [3.05, 3.63) is 52.5 Å². The lowest BCUT2D eigenvalue weighted by Gasteiger charge is -2.33. The molecule has 1 N–H and O–H groups in total. The molecule has 1 fully saturated rings. The molecule has 0 bridgehead atoms. The number of amides is 1. The second-order valence-corrected chi connectivity index (χ2v) is 5.74. The molecule has 24 heavy (non-hydrogen) atoms. The molecule has 3 heterocycles. The summed E-state index contributed by atoms with van der Waals surface area (Å²) in [6, 6.07) is 6.49. The lowest BCUT2D eigenvalue weighted by molar-refractivity contribution is -0.402. The van der Waals surface area contributed by atoms with Crippen LogP contribution in [0.25, 0.3) is 0 Å². The van der Waals surface area contributed by atoms with Crippen LogP contribution in [0.4, 0.5) is 11.6 Å². The second-order valence-electron chi connectivity index (χ2n) is 5.74. The highest BCUT2D eigenvalue weighted by molar-refractivity contribution is 5.91. The van der Waals surface area contributed by atoms with Gasteiger partial charge in [-0.15, -0.1) is 0 Å². The van der Waals surface area contributed by atoms with Crippen molar-refractivity contribution >= 4 is 17.5 Å². The maximum absolute atomic E-state index is 12.0. The molecule has 0 radical (unpaired) electrons. The molecule has 1 amide bonds. The number of piperidine rings is 1. The van der Waals surface area contributed by atoms with Gasteiger partial charge < -0.3 is 14.6 Å². The Morgan fingerprint density at radius 2 is 2.00 bits per heavy atom. The van der Waals surface area contributed by atoms with Crippen LogP contribution in [-0.2, 0) is 0 Å². The number of hydrogen-bond donors (Lipinski definition) is 1. The van der Waals surface area contributed by atoms with E-state index in [1.54, 1.807) is 12.4 Å². The van der Waals surface area contributed by atoms with Crippen molar-refractivity contribution in [2.24, 2.45) is 5.92 Å². The molecule has 1 saturated heterocycles. The predicted octanol–water partition coefficient (Wildman–Crippen LogP) is 2.23. The maximum atomic E-state index is 12.0. The van der Waals surface area contributed by atoms with Crippen LogP contribution in [0.5, 0.6) is 0 Å². The standard InChI is InChI=1S/C16H18N4O4/c21-16(14-1-2-15(24-14)20(22)23)18-11-12-5-9-19(10-6-12)13-3-7-17-8-4-13/h1-4,7-8,12H,5-6,9-11H2,(H,18,21). The van der Waals surface area contributed by atoms with Crippen molar-refractivity contribution in [2.75, 3.05) is 24.5 Å². The van der Waals surface area contributed by atoms with Crippen molar-refractivity contribution < 1.29 is 14.1 Å². The van der Waals surface area contributed by atoms with Crippen LogP contribution < -0.4 is 10.2 Å². The number of nitro groups is 1. The molecule has 0 aromatic carbocycles. The van der Waals surface area contributed by atoms with E-state index < -0.39 is 16.7 Å². The summed E-state index contributed by atoms with van der Waals surface area (Å²) >= 11 is 0. The number of furan rings is 1. The molecule has 0 saturated carbocycles. The van der Waals surface area contributed by atoms with Gasteiger partial charge in [-0.25, -0.2) is 0 Å². The fourth-order valence-corrected chi connectivity index (χ4v) is 2.82. The van der Waals surface area contributed by atoms with E-state index in [4.69, 9.17) is 4.42 Å². The first-order chi connectivity index (χ1) is 11.6. The van der Waals surface area contributed by atoms with Gasteiger partial charge in [0.1, 0.15) is 4.92 Å². The van der Waals surface area contributed by atoms with Gasteiger partial charge in [-0.2, -0.15) is 0 Å². The SMILES string of the molecule is O=C(NCC1CCN(c2ccncc2)CC1)c1ccc([N+](=O)[O-])o1. The zero-order valence-corrected chi connectivity index (χ0v) is 13.1. The summed E-state index contributed by atoms with van der Waals surface area (Å²) < 4.78 is 4.90. The summed E-state index contributed by atoms with van der Waals surface area (Å²) in [5.74, 6) is -0.488. The summed E-state index contributed by atoms with van der Waals surface area (Å²) in [5.41, 5.74) is 1.16. The number of carbonyl (C=O) groups excluding carboxylic acids is 1. The number of carbonyl (C=O) groups is 1. The Labute approximate surface area is 138 Å². The zero-order valence-electron chi connectivity index (χ0n) is 13.1. The highest BCUT2D eigenvalue weighted by atomic mass is 16.6. The lowest BCUT2D eigenvalue weighted by Crippen LogP contribution is -2.38. The summed E-state index contributed by atoms with van der Waals surface area (Å²) in [6.45, 7) is 2.39. The van der Waals surface area contributed by atoms with Gasteiger partial charge in [0.2, 0.25) is 0 Å². The van der Waals surface area contributed by atoms with Crippen molar-refractivity contribution in [2.45, 2.75) is 12.8 Å². The Hall–Kier alpha value is -2.90. The van der Waals surface area contributed by atoms with Gasteiger partial charge in [0.25, 0.3) is 5.91 Å². The lowest BCUT2D eigenvalue weighted by atomic mass is 9.96. The fraction of sp³-hybridized carbons (Fsp3) is 0.375. The third kappa shape index (κ3) is 3.70. The second kappa shape index (κ2) is 7.12. The van der Waals surface area contributed by atoms with E-state index in [0.29, 0.717) is 12.5 Å². The van der Waals surface area contributed by atoms with Crippen LogP contribution in [0.2, 0.25) is 0 Å². The largest absolute Gasteiger partial charge is 0.433 e. The van der Waals surface area contributed by atoms with Crippen molar-refractivity contribution in [3.63, 3.8) is 0 Å². The van der Waals surface area contributed by atoms with Gasteiger partial charge in [-0.1, -0.05) is 0 Å². The molecule has 1 aliphatic rings. The Morgan fingerprint density at radius 1 is 1.29 bits per heavy atom. The minimum absolute atomic E-state index is 0.0316. The topological polar surface area (TPSA) is 102 Å². The molecular weight excluding hydrogens is 312 g/mol. The summed E-state index contributed by atoms with van der Waals surface area (Å²) in [6.07, 6.45) is 5.51. The molecule has 2 aromatic rings. The number of hydrogen-bond acceptors (Lipinski definition) is 6. The van der Waals surface area contributed by atoms with E-state index in [1.165, 1.54) is 12.1 Å².